The van der Waals surface area contributed by atoms with E-state index in [1.54, 1.807) is 24.3 Å². The van der Waals surface area contributed by atoms with E-state index < -0.39 is 9.84 Å². The lowest BCUT2D eigenvalue weighted by Gasteiger charge is -2.11. The molecule has 4 nitrogen and oxygen atoms in total. The minimum absolute atomic E-state index is 0.129. The average Bonchev–Trinajstić information content (AvgIpc) is 2.71. The Morgan fingerprint density at radius 2 is 1.43 bits per heavy atom. The maximum Gasteiger partial charge on any atom is 0.251 e. The Hall–Kier alpha value is -2.92. The number of hydrogen-bond donors (Lipinski definition) is 1. The minimum Gasteiger partial charge on any atom is -0.348 e. The monoisotopic (exact) mass is 393 g/mol. The number of carbonyl (C=O) groups excluding carboxylic acids is 1. The van der Waals surface area contributed by atoms with Crippen LogP contribution in [0.3, 0.4) is 0 Å². The fourth-order valence-corrected chi connectivity index (χ4v) is 3.65. The molecule has 28 heavy (non-hydrogen) atoms. The van der Waals surface area contributed by atoms with Gasteiger partial charge in [0.25, 0.3) is 5.91 Å². The summed E-state index contributed by atoms with van der Waals surface area (Å²) in [6.45, 7) is 0.343. The molecule has 0 atom stereocenters. The van der Waals surface area contributed by atoms with Crippen LogP contribution >= 0.6 is 0 Å². The largest absolute Gasteiger partial charge is 0.348 e. The number of amides is 1. The number of nitrogens with one attached hydrogen (secondary N) is 1. The zero-order valence-corrected chi connectivity index (χ0v) is 16.6. The van der Waals surface area contributed by atoms with Crippen LogP contribution in [0, 0.1) is 0 Å². The molecule has 0 saturated carbocycles. The maximum atomic E-state index is 12.7. The van der Waals surface area contributed by atoms with E-state index in [0.29, 0.717) is 12.1 Å². The molecule has 5 heteroatoms. The Morgan fingerprint density at radius 3 is 2.11 bits per heavy atom. The van der Waals surface area contributed by atoms with Gasteiger partial charge in [0.1, 0.15) is 0 Å². The van der Waals surface area contributed by atoms with Crippen LogP contribution in [0.4, 0.5) is 0 Å². The van der Waals surface area contributed by atoms with Gasteiger partial charge in [0.15, 0.2) is 9.84 Å². The third-order valence-corrected chi connectivity index (χ3v) is 5.72. The standard InChI is InChI=1S/C23H23NO3S/c1-28(26,27)21-15-12-19(13-16-21)17-24-23(25)22-10-6-5-9-20(22)14-11-18-7-3-2-4-8-18/h2-10,12-13,15-16H,11,14,17H2,1H3,(H,24,25). The first-order valence-corrected chi connectivity index (χ1v) is 11.0. The van der Waals surface area contributed by atoms with Crippen LogP contribution in [0.15, 0.2) is 83.8 Å². The molecule has 0 bridgehead atoms. The van der Waals surface area contributed by atoms with Crippen LogP contribution in [0.1, 0.15) is 27.0 Å². The number of aryl methyl sites for hydroxylation is 2. The fourth-order valence-electron chi connectivity index (χ4n) is 3.02. The van der Waals surface area contributed by atoms with Gasteiger partial charge in [0.05, 0.1) is 4.90 Å². The van der Waals surface area contributed by atoms with E-state index in [1.165, 1.54) is 11.8 Å². The Morgan fingerprint density at radius 1 is 0.786 bits per heavy atom. The van der Waals surface area contributed by atoms with E-state index >= 15 is 0 Å². The molecule has 0 radical (unpaired) electrons. The first-order chi connectivity index (χ1) is 13.4. The van der Waals surface area contributed by atoms with Crippen LogP contribution in [0.25, 0.3) is 0 Å². The molecule has 0 heterocycles. The normalized spacial score (nSPS) is 11.2. The molecule has 0 spiro atoms. The smallest absolute Gasteiger partial charge is 0.251 e. The fraction of sp³-hybridized carbons (Fsp3) is 0.174. The van der Waals surface area contributed by atoms with Crippen molar-refractivity contribution in [1.82, 2.24) is 5.32 Å². The summed E-state index contributed by atoms with van der Waals surface area (Å²) in [5.74, 6) is -0.129. The highest BCUT2D eigenvalue weighted by atomic mass is 32.2. The van der Waals surface area contributed by atoms with Crippen LogP contribution in [-0.2, 0) is 29.2 Å². The van der Waals surface area contributed by atoms with Crippen molar-refractivity contribution in [2.24, 2.45) is 0 Å². The van der Waals surface area contributed by atoms with E-state index in [0.717, 1.165) is 24.0 Å². The summed E-state index contributed by atoms with van der Waals surface area (Å²) in [6.07, 6.45) is 2.84. The Labute approximate surface area is 166 Å². The van der Waals surface area contributed by atoms with Crippen molar-refractivity contribution in [3.63, 3.8) is 0 Å². The molecule has 1 amide bonds. The van der Waals surface area contributed by atoms with E-state index in [-0.39, 0.29) is 10.8 Å². The van der Waals surface area contributed by atoms with Gasteiger partial charge in [-0.1, -0.05) is 60.7 Å². The minimum atomic E-state index is -3.22. The summed E-state index contributed by atoms with van der Waals surface area (Å²) >= 11 is 0. The summed E-state index contributed by atoms with van der Waals surface area (Å²) in [6, 6.07) is 24.4. The summed E-state index contributed by atoms with van der Waals surface area (Å²) < 4.78 is 23.1. The van der Waals surface area contributed by atoms with Crippen LogP contribution in [0.2, 0.25) is 0 Å². The van der Waals surface area contributed by atoms with Gasteiger partial charge in [-0.25, -0.2) is 8.42 Å². The highest BCUT2D eigenvalue weighted by Gasteiger charge is 2.11. The molecule has 0 aliphatic carbocycles. The zero-order valence-electron chi connectivity index (χ0n) is 15.8. The predicted molar refractivity (Wildman–Crippen MR) is 111 cm³/mol. The lowest BCUT2D eigenvalue weighted by molar-refractivity contribution is 0.0950. The molecule has 0 aliphatic rings. The Bertz CT molecular complexity index is 1040. The molecule has 144 valence electrons. The molecule has 0 aromatic heterocycles. The summed E-state index contributed by atoms with van der Waals surface area (Å²) in [7, 11) is -3.22. The number of carbonyl (C=O) groups is 1. The first-order valence-electron chi connectivity index (χ1n) is 9.12. The van der Waals surface area contributed by atoms with Crippen molar-refractivity contribution in [2.75, 3.05) is 6.26 Å². The zero-order chi connectivity index (χ0) is 20.0. The predicted octanol–water partition coefficient (Wildman–Crippen LogP) is 3.81. The van der Waals surface area contributed by atoms with Crippen LogP contribution in [-0.4, -0.2) is 20.6 Å². The molecule has 0 aliphatic heterocycles. The molecular weight excluding hydrogens is 370 g/mol. The van der Waals surface area contributed by atoms with Crippen molar-refractivity contribution < 1.29 is 13.2 Å². The van der Waals surface area contributed by atoms with Gasteiger partial charge in [-0.05, 0) is 47.7 Å². The summed E-state index contributed by atoms with van der Waals surface area (Å²) in [4.78, 5) is 12.9. The first kappa shape index (κ1) is 19.8. The molecule has 3 rings (SSSR count). The quantitative estimate of drug-likeness (QED) is 0.664. The van der Waals surface area contributed by atoms with Crippen LogP contribution < -0.4 is 5.32 Å². The number of sulfone groups is 1. The Balaban J connectivity index is 1.64. The van der Waals surface area contributed by atoms with Gasteiger partial charge < -0.3 is 5.32 Å². The SMILES string of the molecule is CS(=O)(=O)c1ccc(CNC(=O)c2ccccc2CCc2ccccc2)cc1. The van der Waals surface area contributed by atoms with Gasteiger partial charge >= 0.3 is 0 Å². The van der Waals surface area contributed by atoms with Crippen molar-refractivity contribution in [3.05, 3.63) is 101 Å². The molecule has 0 unspecified atom stereocenters. The summed E-state index contributed by atoms with van der Waals surface area (Å²) in [5.41, 5.74) is 3.77. The topological polar surface area (TPSA) is 63.2 Å². The molecule has 0 saturated heterocycles. The molecule has 3 aromatic rings. The van der Waals surface area contributed by atoms with E-state index in [4.69, 9.17) is 0 Å². The van der Waals surface area contributed by atoms with Gasteiger partial charge in [0.2, 0.25) is 0 Å². The highest BCUT2D eigenvalue weighted by Crippen LogP contribution is 2.14. The van der Waals surface area contributed by atoms with Gasteiger partial charge in [-0.3, -0.25) is 4.79 Å². The lowest BCUT2D eigenvalue weighted by Crippen LogP contribution is -2.24. The second kappa shape index (κ2) is 8.85. The number of benzene rings is 3. The number of hydrogen-bond acceptors (Lipinski definition) is 3. The van der Waals surface area contributed by atoms with Crippen molar-refractivity contribution in [2.45, 2.75) is 24.3 Å². The van der Waals surface area contributed by atoms with Gasteiger partial charge in [-0.2, -0.15) is 0 Å². The highest BCUT2D eigenvalue weighted by molar-refractivity contribution is 7.90. The molecule has 0 fully saturated rings. The maximum absolute atomic E-state index is 12.7. The van der Waals surface area contributed by atoms with E-state index in [2.05, 4.69) is 17.4 Å². The van der Waals surface area contributed by atoms with Gasteiger partial charge in [-0.15, -0.1) is 0 Å². The Kier molecular flexibility index (Phi) is 6.26. The number of rotatable bonds is 7. The second-order valence-electron chi connectivity index (χ2n) is 6.74. The third kappa shape index (κ3) is 5.30. The summed E-state index contributed by atoms with van der Waals surface area (Å²) in [5, 5.41) is 2.92. The second-order valence-corrected chi connectivity index (χ2v) is 8.76. The lowest BCUT2D eigenvalue weighted by atomic mass is 9.99. The molecule has 1 N–H and O–H groups in total. The van der Waals surface area contributed by atoms with Crippen molar-refractivity contribution >= 4 is 15.7 Å². The third-order valence-electron chi connectivity index (χ3n) is 4.59. The van der Waals surface area contributed by atoms with Gasteiger partial charge in [0, 0.05) is 18.4 Å². The average molecular weight is 394 g/mol. The van der Waals surface area contributed by atoms with Crippen molar-refractivity contribution in [3.8, 4) is 0 Å². The van der Waals surface area contributed by atoms with Crippen molar-refractivity contribution in [1.29, 1.82) is 0 Å². The van der Waals surface area contributed by atoms with E-state index in [9.17, 15) is 13.2 Å². The van der Waals surface area contributed by atoms with Crippen LogP contribution in [0.5, 0.6) is 0 Å². The molecular formula is C23H23NO3S. The van der Waals surface area contributed by atoms with E-state index in [1.807, 2.05) is 42.5 Å². The molecule has 3 aromatic carbocycles.